The van der Waals surface area contributed by atoms with Crippen LogP contribution in [0.5, 0.6) is 0 Å². The lowest BCUT2D eigenvalue weighted by Gasteiger charge is -2.17. The van der Waals surface area contributed by atoms with Gasteiger partial charge in [-0.2, -0.15) is 13.2 Å². The molecule has 0 saturated carbocycles. The van der Waals surface area contributed by atoms with Crippen molar-refractivity contribution in [1.82, 2.24) is 15.2 Å². The van der Waals surface area contributed by atoms with Crippen molar-refractivity contribution in [3.63, 3.8) is 0 Å². The zero-order valence-corrected chi connectivity index (χ0v) is 11.0. The largest absolute Gasteiger partial charge is 0.443 e. The van der Waals surface area contributed by atoms with Crippen LogP contribution in [0.3, 0.4) is 0 Å². The van der Waals surface area contributed by atoms with Crippen molar-refractivity contribution < 1.29 is 18.0 Å². The maximum atomic E-state index is 12.4. The van der Waals surface area contributed by atoms with Crippen LogP contribution >= 0.6 is 11.3 Å². The molecule has 2 rings (SSSR count). The molecule has 1 saturated heterocycles. The smallest absolute Gasteiger partial charge is 0.315 e. The highest BCUT2D eigenvalue weighted by molar-refractivity contribution is 7.13. The first-order valence-electron chi connectivity index (χ1n) is 5.96. The summed E-state index contributed by atoms with van der Waals surface area (Å²) in [5.41, 5.74) is 0. The average Bonchev–Trinajstić information content (AvgIpc) is 2.70. The Kier molecular flexibility index (Phi) is 4.54. The third kappa shape index (κ3) is 3.99. The van der Waals surface area contributed by atoms with Gasteiger partial charge in [-0.25, -0.2) is 4.98 Å². The number of hydrogen-bond donors (Lipinski definition) is 1. The average molecular weight is 293 g/mol. The summed E-state index contributed by atoms with van der Waals surface area (Å²) in [6.45, 7) is 3.37. The Labute approximate surface area is 112 Å². The van der Waals surface area contributed by atoms with Crippen LogP contribution in [0.25, 0.3) is 0 Å². The molecule has 19 heavy (non-hydrogen) atoms. The Morgan fingerprint density at radius 3 is 2.89 bits per heavy atom. The van der Waals surface area contributed by atoms with Gasteiger partial charge in [0.05, 0.1) is 11.4 Å². The van der Waals surface area contributed by atoms with Gasteiger partial charge < -0.3 is 5.32 Å². The number of alkyl halides is 3. The molecule has 106 valence electrons. The van der Waals surface area contributed by atoms with Crippen LogP contribution in [0.1, 0.15) is 21.1 Å². The fraction of sp³-hybridized carbons (Fsp3) is 0.636. The van der Waals surface area contributed by atoms with Gasteiger partial charge in [0.1, 0.15) is 0 Å². The van der Waals surface area contributed by atoms with E-state index in [0.29, 0.717) is 11.3 Å². The second kappa shape index (κ2) is 5.98. The normalized spacial score (nSPS) is 18.3. The molecule has 1 aliphatic rings. The summed E-state index contributed by atoms with van der Waals surface area (Å²) in [6.07, 6.45) is -2.52. The summed E-state index contributed by atoms with van der Waals surface area (Å²) in [6, 6.07) is 0. The van der Waals surface area contributed by atoms with Crippen LogP contribution < -0.4 is 5.32 Å². The molecule has 1 aromatic rings. The van der Waals surface area contributed by atoms with Gasteiger partial charge in [-0.3, -0.25) is 9.69 Å². The standard InChI is InChI=1S/C11H14F3N3OS/c12-11(13,14)10-16-6-9(19-10)8(18)7-17-4-1-2-15-3-5-17/h6,15H,1-5,7H2. The molecule has 0 aromatic carbocycles. The Hall–Kier alpha value is -0.990. The maximum Gasteiger partial charge on any atom is 0.443 e. The van der Waals surface area contributed by atoms with E-state index in [1.54, 1.807) is 0 Å². The van der Waals surface area contributed by atoms with E-state index >= 15 is 0 Å². The summed E-state index contributed by atoms with van der Waals surface area (Å²) in [5, 5.41) is 2.24. The van der Waals surface area contributed by atoms with E-state index in [1.807, 2.05) is 4.90 Å². The van der Waals surface area contributed by atoms with Crippen molar-refractivity contribution >= 4 is 17.1 Å². The molecule has 1 aromatic heterocycles. The predicted molar refractivity (Wildman–Crippen MR) is 65.4 cm³/mol. The number of carbonyl (C=O) groups excluding carboxylic acids is 1. The van der Waals surface area contributed by atoms with E-state index in [1.165, 1.54) is 0 Å². The Morgan fingerprint density at radius 1 is 1.42 bits per heavy atom. The number of thiazole rings is 1. The molecule has 0 spiro atoms. The third-order valence-electron chi connectivity index (χ3n) is 2.82. The first kappa shape index (κ1) is 14.4. The molecule has 0 radical (unpaired) electrons. The van der Waals surface area contributed by atoms with Gasteiger partial charge in [0, 0.05) is 19.3 Å². The number of Topliss-reactive ketones (excluding diaryl/α,β-unsaturated/α-hetero) is 1. The number of aromatic nitrogens is 1. The van der Waals surface area contributed by atoms with Crippen molar-refractivity contribution in [1.29, 1.82) is 0 Å². The third-order valence-corrected chi connectivity index (χ3v) is 3.91. The number of ketones is 1. The highest BCUT2D eigenvalue weighted by atomic mass is 32.1. The van der Waals surface area contributed by atoms with Crippen molar-refractivity contribution in [2.24, 2.45) is 0 Å². The van der Waals surface area contributed by atoms with E-state index in [9.17, 15) is 18.0 Å². The first-order valence-corrected chi connectivity index (χ1v) is 6.78. The minimum atomic E-state index is -4.48. The molecule has 1 N–H and O–H groups in total. The van der Waals surface area contributed by atoms with E-state index in [0.717, 1.165) is 38.8 Å². The van der Waals surface area contributed by atoms with Gasteiger partial charge in [0.2, 0.25) is 0 Å². The van der Waals surface area contributed by atoms with E-state index in [4.69, 9.17) is 0 Å². The molecule has 8 heteroatoms. The predicted octanol–water partition coefficient (Wildman–Crippen LogP) is 1.64. The number of rotatable bonds is 3. The molecule has 0 amide bonds. The number of hydrogen-bond acceptors (Lipinski definition) is 5. The summed E-state index contributed by atoms with van der Waals surface area (Å²) in [5.74, 6) is -0.296. The summed E-state index contributed by atoms with van der Waals surface area (Å²) in [4.78, 5) is 17.2. The second-order valence-corrected chi connectivity index (χ2v) is 5.36. The summed E-state index contributed by atoms with van der Waals surface area (Å²) >= 11 is 0.414. The van der Waals surface area contributed by atoms with Crippen molar-refractivity contribution in [2.75, 3.05) is 32.7 Å². The van der Waals surface area contributed by atoms with Crippen LogP contribution in [0.15, 0.2) is 6.20 Å². The van der Waals surface area contributed by atoms with Gasteiger partial charge in [-0.15, -0.1) is 11.3 Å². The molecule has 0 bridgehead atoms. The fourth-order valence-electron chi connectivity index (χ4n) is 1.87. The fourth-order valence-corrected chi connectivity index (χ4v) is 2.59. The number of halogens is 3. The van der Waals surface area contributed by atoms with E-state index in [-0.39, 0.29) is 17.2 Å². The Balaban J connectivity index is 1.97. The highest BCUT2D eigenvalue weighted by Crippen LogP contribution is 2.32. The Morgan fingerprint density at radius 2 is 2.21 bits per heavy atom. The molecule has 0 aliphatic carbocycles. The van der Waals surface area contributed by atoms with E-state index < -0.39 is 11.2 Å². The van der Waals surface area contributed by atoms with Gasteiger partial charge in [-0.1, -0.05) is 0 Å². The molecular weight excluding hydrogens is 279 g/mol. The summed E-state index contributed by atoms with van der Waals surface area (Å²) < 4.78 is 37.2. The van der Waals surface area contributed by atoms with Crippen molar-refractivity contribution in [3.8, 4) is 0 Å². The maximum absolute atomic E-state index is 12.4. The van der Waals surface area contributed by atoms with Crippen LogP contribution in [0, 0.1) is 0 Å². The lowest BCUT2D eigenvalue weighted by molar-refractivity contribution is -0.137. The summed E-state index contributed by atoms with van der Waals surface area (Å²) in [7, 11) is 0. The zero-order valence-electron chi connectivity index (χ0n) is 10.2. The van der Waals surface area contributed by atoms with Crippen LogP contribution in [0.2, 0.25) is 0 Å². The van der Waals surface area contributed by atoms with Crippen molar-refractivity contribution in [2.45, 2.75) is 12.6 Å². The van der Waals surface area contributed by atoms with E-state index in [2.05, 4.69) is 10.3 Å². The Bertz CT molecular complexity index is 439. The van der Waals surface area contributed by atoms with Gasteiger partial charge in [0.15, 0.2) is 10.8 Å². The minimum Gasteiger partial charge on any atom is -0.315 e. The molecule has 0 atom stereocenters. The second-order valence-electron chi connectivity index (χ2n) is 4.33. The number of carbonyl (C=O) groups is 1. The highest BCUT2D eigenvalue weighted by Gasteiger charge is 2.35. The van der Waals surface area contributed by atoms with Crippen LogP contribution in [-0.4, -0.2) is 48.4 Å². The van der Waals surface area contributed by atoms with Crippen molar-refractivity contribution in [3.05, 3.63) is 16.1 Å². The molecule has 0 unspecified atom stereocenters. The molecule has 1 fully saturated rings. The molecule has 1 aliphatic heterocycles. The molecular formula is C11H14F3N3OS. The quantitative estimate of drug-likeness (QED) is 0.861. The lowest BCUT2D eigenvalue weighted by atomic mass is 10.3. The SMILES string of the molecule is O=C(CN1CCCNCC1)c1cnc(C(F)(F)F)s1. The van der Waals surface area contributed by atoms with Gasteiger partial charge >= 0.3 is 6.18 Å². The molecule has 4 nitrogen and oxygen atoms in total. The topological polar surface area (TPSA) is 45.2 Å². The zero-order chi connectivity index (χ0) is 13.9. The first-order chi connectivity index (χ1) is 8.97. The number of nitrogens with zero attached hydrogens (tertiary/aromatic N) is 2. The van der Waals surface area contributed by atoms with Crippen LogP contribution in [0.4, 0.5) is 13.2 Å². The minimum absolute atomic E-state index is 0.0736. The monoisotopic (exact) mass is 293 g/mol. The van der Waals surface area contributed by atoms with Gasteiger partial charge in [-0.05, 0) is 19.5 Å². The number of nitrogens with one attached hydrogen (secondary N) is 1. The van der Waals surface area contributed by atoms with Crippen LogP contribution in [-0.2, 0) is 6.18 Å². The lowest BCUT2D eigenvalue weighted by Crippen LogP contribution is -2.32. The van der Waals surface area contributed by atoms with Gasteiger partial charge in [0.25, 0.3) is 0 Å². The molecule has 2 heterocycles.